The summed E-state index contributed by atoms with van der Waals surface area (Å²) < 4.78 is 65.4. The fourth-order valence-corrected chi connectivity index (χ4v) is 4.36. The van der Waals surface area contributed by atoms with Gasteiger partial charge >= 0.3 is 0 Å². The van der Waals surface area contributed by atoms with Crippen molar-refractivity contribution in [3.8, 4) is 0 Å². The van der Waals surface area contributed by atoms with Crippen LogP contribution >= 0.6 is 11.6 Å². The number of hydrogen-bond acceptors (Lipinski definition) is 2. The summed E-state index contributed by atoms with van der Waals surface area (Å²) in [5.74, 6) is -3.98. The molecule has 0 amide bonds. The largest absolute Gasteiger partial charge is 0.249 e. The summed E-state index contributed by atoms with van der Waals surface area (Å²) in [6.45, 7) is 0.149. The molecular weight excluding hydrogens is 303 g/mol. The van der Waals surface area contributed by atoms with E-state index in [1.807, 2.05) is 0 Å². The summed E-state index contributed by atoms with van der Waals surface area (Å²) in [6, 6.07) is 0.208. The Bertz CT molecular complexity index is 571. The molecule has 1 heterocycles. The summed E-state index contributed by atoms with van der Waals surface area (Å²) in [6.07, 6.45) is 1.11. The lowest BCUT2D eigenvalue weighted by molar-refractivity contribution is 0.400. The van der Waals surface area contributed by atoms with Crippen molar-refractivity contribution in [3.63, 3.8) is 0 Å². The van der Waals surface area contributed by atoms with Crippen molar-refractivity contribution in [3.05, 3.63) is 29.6 Å². The molecule has 1 saturated heterocycles. The number of hydrogen-bond donors (Lipinski definition) is 0. The summed E-state index contributed by atoms with van der Waals surface area (Å²) in [5.41, 5.74) is 0. The highest BCUT2D eigenvalue weighted by molar-refractivity contribution is 7.89. The van der Waals surface area contributed by atoms with Crippen LogP contribution in [0.25, 0.3) is 0 Å². The molecule has 8 heteroatoms. The van der Waals surface area contributed by atoms with Gasteiger partial charge in [-0.25, -0.2) is 21.6 Å². The Balaban J connectivity index is 2.51. The summed E-state index contributed by atoms with van der Waals surface area (Å²) in [5, 5.41) is 0. The molecule has 0 radical (unpaired) electrons. The van der Waals surface area contributed by atoms with Crippen molar-refractivity contribution < 1.29 is 21.6 Å². The van der Waals surface area contributed by atoms with Gasteiger partial charge in [0.15, 0.2) is 4.90 Å². The molecular formula is C11H11ClF3NO2S. The third-order valence-electron chi connectivity index (χ3n) is 3.03. The van der Waals surface area contributed by atoms with Crippen molar-refractivity contribution in [2.45, 2.75) is 23.8 Å². The lowest BCUT2D eigenvalue weighted by atomic mass is 10.3. The third-order valence-corrected chi connectivity index (χ3v) is 5.39. The van der Waals surface area contributed by atoms with Crippen LogP contribution in [0.15, 0.2) is 17.0 Å². The van der Waals surface area contributed by atoms with Crippen LogP contribution in [0.3, 0.4) is 0 Å². The van der Waals surface area contributed by atoms with Crippen LogP contribution in [0.1, 0.15) is 12.8 Å². The SMILES string of the molecule is O=S(=O)(c1c(F)cc(F)cc1F)N1CCCC1CCl. The molecule has 1 aromatic rings. The minimum absolute atomic E-state index is 0.0453. The second-order valence-corrected chi connectivity index (χ2v) is 6.40. The van der Waals surface area contributed by atoms with Crippen LogP contribution in [-0.2, 0) is 10.0 Å². The van der Waals surface area contributed by atoms with Crippen LogP contribution in [0, 0.1) is 17.5 Å². The van der Waals surface area contributed by atoms with E-state index in [2.05, 4.69) is 0 Å². The maximum Gasteiger partial charge on any atom is 0.249 e. The van der Waals surface area contributed by atoms with Gasteiger partial charge in [-0.05, 0) is 12.8 Å². The molecule has 0 saturated carbocycles. The molecule has 1 fully saturated rings. The highest BCUT2D eigenvalue weighted by Crippen LogP contribution is 2.30. The first-order valence-electron chi connectivity index (χ1n) is 5.60. The highest BCUT2D eigenvalue weighted by atomic mass is 35.5. The van der Waals surface area contributed by atoms with Gasteiger partial charge in [0.1, 0.15) is 17.5 Å². The normalized spacial score (nSPS) is 20.9. The average molecular weight is 314 g/mol. The van der Waals surface area contributed by atoms with E-state index in [9.17, 15) is 21.6 Å². The van der Waals surface area contributed by atoms with Crippen LogP contribution in [-0.4, -0.2) is 31.2 Å². The van der Waals surface area contributed by atoms with Crippen LogP contribution in [0.4, 0.5) is 13.2 Å². The van der Waals surface area contributed by atoms with E-state index in [0.29, 0.717) is 25.0 Å². The van der Waals surface area contributed by atoms with E-state index >= 15 is 0 Å². The maximum atomic E-state index is 13.6. The van der Waals surface area contributed by atoms with Crippen molar-refractivity contribution in [2.24, 2.45) is 0 Å². The number of benzene rings is 1. The van der Waals surface area contributed by atoms with Crippen molar-refractivity contribution >= 4 is 21.6 Å². The van der Waals surface area contributed by atoms with Gasteiger partial charge in [-0.1, -0.05) is 0 Å². The van der Waals surface area contributed by atoms with E-state index in [4.69, 9.17) is 11.6 Å². The first-order chi connectivity index (χ1) is 8.87. The van der Waals surface area contributed by atoms with Gasteiger partial charge in [-0.15, -0.1) is 11.6 Å². The van der Waals surface area contributed by atoms with E-state index < -0.39 is 38.4 Å². The Labute approximate surface area is 114 Å². The molecule has 1 aliphatic rings. The van der Waals surface area contributed by atoms with Crippen molar-refractivity contribution in [1.29, 1.82) is 0 Å². The maximum absolute atomic E-state index is 13.6. The van der Waals surface area contributed by atoms with Gasteiger partial charge in [-0.2, -0.15) is 4.31 Å². The predicted octanol–water partition coefficient (Wildman–Crippen LogP) is 2.50. The fourth-order valence-electron chi connectivity index (χ4n) is 2.17. The summed E-state index contributed by atoms with van der Waals surface area (Å²) >= 11 is 5.65. The van der Waals surface area contributed by atoms with E-state index in [-0.39, 0.29) is 12.4 Å². The van der Waals surface area contributed by atoms with Gasteiger partial charge in [0.05, 0.1) is 0 Å². The van der Waals surface area contributed by atoms with E-state index in [1.165, 1.54) is 0 Å². The first-order valence-corrected chi connectivity index (χ1v) is 7.57. The molecule has 3 nitrogen and oxygen atoms in total. The Kier molecular flexibility index (Phi) is 4.08. The fraction of sp³-hybridized carbons (Fsp3) is 0.455. The summed E-state index contributed by atoms with van der Waals surface area (Å²) in [4.78, 5) is -1.12. The van der Waals surface area contributed by atoms with E-state index in [0.717, 1.165) is 4.31 Å². The molecule has 2 rings (SSSR count). The molecule has 0 spiro atoms. The molecule has 1 aromatic carbocycles. The number of halogens is 4. The van der Waals surface area contributed by atoms with Gasteiger partial charge in [0, 0.05) is 30.6 Å². The molecule has 1 aliphatic heterocycles. The van der Waals surface area contributed by atoms with Crippen LogP contribution < -0.4 is 0 Å². The topological polar surface area (TPSA) is 37.4 Å². The Hall–Kier alpha value is -0.790. The molecule has 0 aromatic heterocycles. The van der Waals surface area contributed by atoms with Crippen molar-refractivity contribution in [1.82, 2.24) is 4.31 Å². The number of rotatable bonds is 3. The molecule has 19 heavy (non-hydrogen) atoms. The standard InChI is InChI=1S/C11H11ClF3NO2S/c12-6-8-2-1-3-16(8)19(17,18)11-9(14)4-7(13)5-10(11)15/h4-5,8H,1-3,6H2. The van der Waals surface area contributed by atoms with Crippen molar-refractivity contribution in [2.75, 3.05) is 12.4 Å². The Morgan fingerprint density at radius 3 is 2.37 bits per heavy atom. The number of sulfonamides is 1. The van der Waals surface area contributed by atoms with Gasteiger partial charge in [0.25, 0.3) is 0 Å². The van der Waals surface area contributed by atoms with Gasteiger partial charge in [0.2, 0.25) is 10.0 Å². The third kappa shape index (κ3) is 2.59. The second kappa shape index (κ2) is 5.30. The zero-order chi connectivity index (χ0) is 14.2. The predicted molar refractivity (Wildman–Crippen MR) is 63.9 cm³/mol. The quantitative estimate of drug-likeness (QED) is 0.804. The zero-order valence-electron chi connectivity index (χ0n) is 9.74. The monoisotopic (exact) mass is 313 g/mol. The summed E-state index contributed by atoms with van der Waals surface area (Å²) in [7, 11) is -4.35. The van der Waals surface area contributed by atoms with Crippen LogP contribution in [0.5, 0.6) is 0 Å². The zero-order valence-corrected chi connectivity index (χ0v) is 11.3. The average Bonchev–Trinajstić information content (AvgIpc) is 2.75. The number of alkyl halides is 1. The molecule has 1 atom stereocenters. The Morgan fingerprint density at radius 2 is 1.84 bits per heavy atom. The van der Waals surface area contributed by atoms with E-state index in [1.54, 1.807) is 0 Å². The lowest BCUT2D eigenvalue weighted by Gasteiger charge is -2.22. The lowest BCUT2D eigenvalue weighted by Crippen LogP contribution is -2.37. The smallest absolute Gasteiger partial charge is 0.207 e. The Morgan fingerprint density at radius 1 is 1.26 bits per heavy atom. The second-order valence-electron chi connectivity index (χ2n) is 4.26. The van der Waals surface area contributed by atoms with Gasteiger partial charge < -0.3 is 0 Å². The number of nitrogens with zero attached hydrogens (tertiary/aromatic N) is 1. The molecule has 0 N–H and O–H groups in total. The highest BCUT2D eigenvalue weighted by Gasteiger charge is 2.38. The molecule has 0 bridgehead atoms. The minimum Gasteiger partial charge on any atom is -0.207 e. The van der Waals surface area contributed by atoms with Gasteiger partial charge in [-0.3, -0.25) is 0 Å². The molecule has 0 aliphatic carbocycles. The van der Waals surface area contributed by atoms with Crippen LogP contribution in [0.2, 0.25) is 0 Å². The minimum atomic E-state index is -4.35. The first kappa shape index (κ1) is 14.6. The molecule has 1 unspecified atom stereocenters. The molecule has 106 valence electrons.